The van der Waals surface area contributed by atoms with E-state index in [1.165, 1.54) is 0 Å². The maximum Gasteiger partial charge on any atom is 0.145 e. The van der Waals surface area contributed by atoms with E-state index in [4.69, 9.17) is 49.8 Å². The summed E-state index contributed by atoms with van der Waals surface area (Å²) in [6.07, 6.45) is 17.7. The van der Waals surface area contributed by atoms with Crippen LogP contribution in [-0.4, -0.2) is 49.8 Å². The molecule has 26 rings (SSSR count). The Morgan fingerprint density at radius 3 is 0.507 bits per heavy atom. The van der Waals surface area contributed by atoms with Crippen LogP contribution in [0.3, 0.4) is 0 Å². The van der Waals surface area contributed by atoms with Crippen LogP contribution in [-0.2, 0) is 40.2 Å². The van der Waals surface area contributed by atoms with Crippen molar-refractivity contribution in [2.24, 2.45) is 0 Å². The van der Waals surface area contributed by atoms with Gasteiger partial charge in [0.2, 0.25) is 0 Å². The first-order valence-electron chi connectivity index (χ1n) is 47.3. The molecular formula is C126H78Ir2N18-10. The molecule has 18 nitrogen and oxygen atoms in total. The zero-order valence-electron chi connectivity index (χ0n) is 77.7. The van der Waals surface area contributed by atoms with Gasteiger partial charge in [0.15, 0.2) is 0 Å². The molecule has 700 valence electrons. The molecule has 0 N–H and O–H groups in total. The number of nitrogens with zero attached hydrogens (tertiary/aromatic N) is 18. The van der Waals surface area contributed by atoms with Crippen molar-refractivity contribution in [2.75, 3.05) is 39.2 Å². The third kappa shape index (κ3) is 17.0. The van der Waals surface area contributed by atoms with Crippen molar-refractivity contribution in [3.63, 3.8) is 0 Å². The van der Waals surface area contributed by atoms with Crippen LogP contribution in [0, 0.1) is 63.1 Å². The van der Waals surface area contributed by atoms with Gasteiger partial charge in [-0.2, -0.15) is 84.9 Å². The number of para-hydroxylation sites is 4. The van der Waals surface area contributed by atoms with Gasteiger partial charge in [-0.05, 0) is 164 Å². The average Bonchev–Trinajstić information content (AvgIpc) is 1.58. The molecule has 146 heavy (non-hydrogen) atoms. The smallest absolute Gasteiger partial charge is 0.145 e. The molecule has 20 heteroatoms. The van der Waals surface area contributed by atoms with Gasteiger partial charge < -0.3 is 49.2 Å². The molecule has 0 aliphatic carbocycles. The van der Waals surface area contributed by atoms with Crippen LogP contribution in [0.5, 0.6) is 0 Å². The van der Waals surface area contributed by atoms with E-state index < -0.39 is 0 Å². The van der Waals surface area contributed by atoms with Crippen molar-refractivity contribution in [3.05, 3.63) is 513 Å². The molecule has 2 radical (unpaired) electrons. The van der Waals surface area contributed by atoms with Gasteiger partial charge in [-0.1, -0.05) is 263 Å². The predicted molar refractivity (Wildman–Crippen MR) is 574 cm³/mol. The van der Waals surface area contributed by atoms with E-state index in [1.807, 2.05) is 144 Å². The molecule has 0 amide bonds. The molecule has 4 aliphatic heterocycles. The quantitative estimate of drug-likeness (QED) is 0.0626. The van der Waals surface area contributed by atoms with Crippen molar-refractivity contribution < 1.29 is 40.2 Å². The summed E-state index contributed by atoms with van der Waals surface area (Å²) in [4.78, 5) is 65.2. The predicted octanol–water partition coefficient (Wildman–Crippen LogP) is 29.7. The van der Waals surface area contributed by atoms with Crippen molar-refractivity contribution in [2.45, 2.75) is 0 Å². The minimum absolute atomic E-state index is 0. The molecule has 16 aromatic carbocycles. The number of hydrogen-bond acceptors (Lipinski definition) is 18. The zero-order valence-corrected chi connectivity index (χ0v) is 82.5. The largest absolute Gasteiger partial charge is 0.477 e. The van der Waals surface area contributed by atoms with Crippen LogP contribution in [0.15, 0.2) is 450 Å². The number of rotatable bonds is 21. The molecule has 0 unspecified atom stereocenters. The van der Waals surface area contributed by atoms with E-state index in [1.54, 1.807) is 49.6 Å². The Hall–Kier alpha value is -18.2. The third-order valence-corrected chi connectivity index (χ3v) is 26.5. The van der Waals surface area contributed by atoms with Gasteiger partial charge in [0, 0.05) is 113 Å². The number of fused-ring (bicyclic) bond motifs is 4. The van der Waals surface area contributed by atoms with Gasteiger partial charge in [-0.3, -0.25) is 0 Å². The summed E-state index contributed by atoms with van der Waals surface area (Å²) in [6, 6.07) is 158. The number of hydrogen-bond donors (Lipinski definition) is 0. The summed E-state index contributed by atoms with van der Waals surface area (Å²) in [6.45, 7) is 8.11. The van der Waals surface area contributed by atoms with Crippen molar-refractivity contribution in [3.8, 4) is 145 Å². The Kier molecular flexibility index (Phi) is 24.4. The standard InChI is InChI=1S/C126H78N18.2Ir/c1-5-25-97(26-6-1)137-81-141(123-119(137)127-65-69-131-123)101-55-45-85(46-56-101)105-33-13-19-39-111(105)91-73-92(112-40-20-14-34-106(112)86-47-57-102(58-48-86)142-82-138(98-27-7-2-8-28-98)120-124(142)132-70-66-128-120)76-95(75-91)115-43-23-17-37-109(115)89-53-63-117(135-79-89)118-64-54-90(80-136-118)110-38-18-24-44-116(110)96-77-93(113-41-21-15-35-107(113)87-49-59-103(60-50-87)143-83-139(99-29-9-3-10-30-99)121-125(143)133-71-67-129-121)74-94(78-96)114-42-22-16-36-108(114)88-51-61-104(62-52-88)144-84-140(100-31-11-4-12-32-100)122-126(144)134-72-68-130-122;;/h1-55,57,59,61,65-84H;;/q-10;;. The van der Waals surface area contributed by atoms with Gasteiger partial charge in [0.25, 0.3) is 0 Å². The second-order valence-corrected chi connectivity index (χ2v) is 35.0. The van der Waals surface area contributed by atoms with Gasteiger partial charge in [0.1, 0.15) is 46.5 Å². The van der Waals surface area contributed by atoms with E-state index in [0.717, 1.165) is 226 Å². The van der Waals surface area contributed by atoms with Crippen LogP contribution in [0.4, 0.5) is 92.0 Å². The molecule has 0 bridgehead atoms. The summed E-state index contributed by atoms with van der Waals surface area (Å²) in [7, 11) is 0. The van der Waals surface area contributed by atoms with Crippen molar-refractivity contribution in [1.29, 1.82) is 0 Å². The van der Waals surface area contributed by atoms with Crippen molar-refractivity contribution in [1.82, 2.24) is 49.8 Å². The first-order valence-corrected chi connectivity index (χ1v) is 47.3. The van der Waals surface area contributed by atoms with Gasteiger partial charge in [0.05, 0.1) is 0 Å². The fourth-order valence-electron chi connectivity index (χ4n) is 19.7. The number of aromatic nitrogens is 10. The van der Waals surface area contributed by atoms with Crippen LogP contribution in [0.25, 0.3) is 145 Å². The number of benzene rings is 16. The van der Waals surface area contributed by atoms with Crippen LogP contribution >= 0.6 is 0 Å². The second kappa shape index (κ2) is 39.4. The minimum atomic E-state index is 0. The van der Waals surface area contributed by atoms with E-state index in [-0.39, 0.29) is 40.2 Å². The Balaban J connectivity index is 0.00000571. The van der Waals surface area contributed by atoms with Gasteiger partial charge in [-0.15, -0.1) is 107 Å². The third-order valence-electron chi connectivity index (χ3n) is 26.5. The summed E-state index contributed by atoms with van der Waals surface area (Å²) < 4.78 is 0. The van der Waals surface area contributed by atoms with E-state index in [9.17, 15) is 0 Å². The Morgan fingerprint density at radius 2 is 0.329 bits per heavy atom. The summed E-state index contributed by atoms with van der Waals surface area (Å²) >= 11 is 0. The SMILES string of the molecule is [Ir].[Ir].[c-]1cc(-c2ccccc2-c2cc(-c3ccccc3-c3c[c-]c(N4[CH-]N(c5ccccc5)c5nccnc54)cc3)cc(-c3ccccc3-c3c[c-]c(-c4[c-]cc(-c5ccccc5-c5cc(-c6ccccc6-c6c[c-]c(N7[CH-]N(c8ccccc8)c8nccnc87)cc6)cc(-c6ccccc6-c6c[c-]c(N7[CH-]N(c8ccccc8)c8nccnc87)cc6)c5)cn4)nc3)c2)ccc1N1[CH-]N(c2ccccc2)c2nccnc21. The molecule has 0 saturated carbocycles. The summed E-state index contributed by atoms with van der Waals surface area (Å²) in [5.41, 5.74) is 32.6. The average molecular weight is 2230 g/mol. The minimum Gasteiger partial charge on any atom is -0.477 e. The fourth-order valence-corrected chi connectivity index (χ4v) is 19.7. The van der Waals surface area contributed by atoms with Crippen LogP contribution in [0.1, 0.15) is 0 Å². The number of pyridine rings is 2. The van der Waals surface area contributed by atoms with Crippen LogP contribution in [0.2, 0.25) is 0 Å². The monoisotopic (exact) mass is 2230 g/mol. The number of anilines is 16. The van der Waals surface area contributed by atoms with Crippen LogP contribution < -0.4 is 39.2 Å². The fraction of sp³-hybridized carbons (Fsp3) is 0. The molecule has 0 fully saturated rings. The maximum absolute atomic E-state index is 5.18. The molecular weight excluding hydrogens is 2150 g/mol. The van der Waals surface area contributed by atoms with Crippen molar-refractivity contribution >= 4 is 92.0 Å². The summed E-state index contributed by atoms with van der Waals surface area (Å²) in [5, 5.41) is 0. The Bertz CT molecular complexity index is 7650. The topological polar surface area (TPSA) is 155 Å². The first-order chi connectivity index (χ1) is 71.4. The van der Waals surface area contributed by atoms with Gasteiger partial charge >= 0.3 is 0 Å². The maximum atomic E-state index is 5.18. The molecule has 10 heterocycles. The molecule has 0 atom stereocenters. The van der Waals surface area contributed by atoms with E-state index in [0.29, 0.717) is 11.4 Å². The zero-order chi connectivity index (χ0) is 95.3. The first kappa shape index (κ1) is 90.4. The van der Waals surface area contributed by atoms with E-state index in [2.05, 4.69) is 359 Å². The van der Waals surface area contributed by atoms with E-state index >= 15 is 0 Å². The molecule has 4 aliphatic rings. The van der Waals surface area contributed by atoms with Gasteiger partial charge in [-0.25, -0.2) is 52.0 Å². The Morgan fingerprint density at radius 1 is 0.158 bits per heavy atom. The summed E-state index contributed by atoms with van der Waals surface area (Å²) in [5.74, 6) is 5.83. The molecule has 22 aromatic rings. The molecule has 0 saturated heterocycles. The molecule has 6 aromatic heterocycles. The normalized spacial score (nSPS) is 12.7. The molecule has 0 spiro atoms. The Labute approximate surface area is 872 Å². The second-order valence-electron chi connectivity index (χ2n) is 35.0.